The van der Waals surface area contributed by atoms with Gasteiger partial charge in [-0.05, 0) is 36.1 Å². The number of benzodiazepines with no additional fused rings is 1. The lowest BCUT2D eigenvalue weighted by molar-refractivity contribution is 0.0956. The third kappa shape index (κ3) is 4.36. The number of hydrogen-bond acceptors (Lipinski definition) is 4. The van der Waals surface area contributed by atoms with Crippen molar-refractivity contribution < 1.29 is 4.79 Å². The minimum Gasteiger partial charge on any atom is -0.369 e. The van der Waals surface area contributed by atoms with E-state index in [1.807, 2.05) is 47.8 Å². The summed E-state index contributed by atoms with van der Waals surface area (Å²) >= 11 is 7.77. The summed E-state index contributed by atoms with van der Waals surface area (Å²) in [7, 11) is 2.09. The zero-order valence-electron chi connectivity index (χ0n) is 16.1. The Balaban J connectivity index is 1.56. The molecule has 1 aliphatic rings. The standard InChI is InChI=1S/C23H22ClN3OS/c1-27-18(11-12-25-23(28)21-8-5-13-29-21)15-26-22(16-6-3-2-4-7-16)19-14-17(24)9-10-20(19)27/h2-10,13-14,18H,11-12,15H2,1H3,(H,25,28)/t18-/m1/s1. The number of nitrogens with one attached hydrogen (secondary N) is 1. The van der Waals surface area contributed by atoms with Crippen LogP contribution in [0.2, 0.25) is 5.02 Å². The molecule has 0 saturated heterocycles. The van der Waals surface area contributed by atoms with E-state index in [2.05, 4.69) is 35.5 Å². The van der Waals surface area contributed by atoms with Crippen molar-refractivity contribution in [3.8, 4) is 0 Å². The molecule has 2 heterocycles. The summed E-state index contributed by atoms with van der Waals surface area (Å²) in [5, 5.41) is 5.63. The van der Waals surface area contributed by atoms with E-state index in [1.54, 1.807) is 0 Å². The number of rotatable bonds is 5. The molecule has 148 valence electrons. The minimum atomic E-state index is -0.0167. The van der Waals surface area contributed by atoms with Crippen molar-refractivity contribution in [3.63, 3.8) is 0 Å². The lowest BCUT2D eigenvalue weighted by Crippen LogP contribution is -2.37. The zero-order valence-corrected chi connectivity index (χ0v) is 17.7. The number of halogens is 1. The smallest absolute Gasteiger partial charge is 0.261 e. The average molecular weight is 424 g/mol. The molecule has 0 radical (unpaired) electrons. The van der Waals surface area contributed by atoms with Crippen LogP contribution >= 0.6 is 22.9 Å². The van der Waals surface area contributed by atoms with Gasteiger partial charge in [0.2, 0.25) is 0 Å². The predicted molar refractivity (Wildman–Crippen MR) is 122 cm³/mol. The van der Waals surface area contributed by atoms with Crippen molar-refractivity contribution in [3.05, 3.63) is 87.1 Å². The molecule has 0 saturated carbocycles. The van der Waals surface area contributed by atoms with Gasteiger partial charge in [-0.1, -0.05) is 48.0 Å². The molecule has 2 aromatic carbocycles. The van der Waals surface area contributed by atoms with Gasteiger partial charge in [0, 0.05) is 41.5 Å². The fourth-order valence-electron chi connectivity index (χ4n) is 3.58. The van der Waals surface area contributed by atoms with Gasteiger partial charge in [-0.25, -0.2) is 0 Å². The van der Waals surface area contributed by atoms with Crippen molar-refractivity contribution in [1.82, 2.24) is 5.32 Å². The first-order valence-electron chi connectivity index (χ1n) is 9.58. The second-order valence-electron chi connectivity index (χ2n) is 7.00. The maximum Gasteiger partial charge on any atom is 0.261 e. The van der Waals surface area contributed by atoms with E-state index in [0.717, 1.165) is 33.8 Å². The van der Waals surface area contributed by atoms with Crippen molar-refractivity contribution in [2.24, 2.45) is 4.99 Å². The van der Waals surface area contributed by atoms with Crippen LogP contribution in [0.25, 0.3) is 0 Å². The van der Waals surface area contributed by atoms with Crippen LogP contribution in [0.4, 0.5) is 5.69 Å². The summed E-state index contributed by atoms with van der Waals surface area (Å²) < 4.78 is 0. The summed E-state index contributed by atoms with van der Waals surface area (Å²) in [6.45, 7) is 1.26. The van der Waals surface area contributed by atoms with Crippen molar-refractivity contribution in [2.45, 2.75) is 12.5 Å². The molecule has 6 heteroatoms. The van der Waals surface area contributed by atoms with Crippen molar-refractivity contribution >= 4 is 40.2 Å². The van der Waals surface area contributed by atoms with Gasteiger partial charge in [-0.15, -0.1) is 11.3 Å². The first kappa shape index (κ1) is 19.7. The van der Waals surface area contributed by atoms with Crippen LogP contribution in [0.15, 0.2) is 71.0 Å². The molecule has 4 rings (SSSR count). The SMILES string of the molecule is CN1c2ccc(Cl)cc2C(c2ccccc2)=NC[C@H]1CCNC(=O)c1cccs1. The first-order valence-corrected chi connectivity index (χ1v) is 10.8. The Morgan fingerprint density at radius 3 is 2.79 bits per heavy atom. The van der Waals surface area contributed by atoms with Crippen LogP contribution in [0.3, 0.4) is 0 Å². The molecular weight excluding hydrogens is 402 g/mol. The van der Waals surface area contributed by atoms with Crippen LogP contribution in [0, 0.1) is 0 Å². The number of aliphatic imine (C=N–C) groups is 1. The Morgan fingerprint density at radius 2 is 2.03 bits per heavy atom. The molecule has 0 spiro atoms. The number of carbonyl (C=O) groups excluding carboxylic acids is 1. The van der Waals surface area contributed by atoms with E-state index in [4.69, 9.17) is 16.6 Å². The van der Waals surface area contributed by atoms with E-state index in [9.17, 15) is 4.79 Å². The molecule has 1 aromatic heterocycles. The molecule has 0 fully saturated rings. The molecular formula is C23H22ClN3OS. The quantitative estimate of drug-likeness (QED) is 0.635. The number of fused-ring (bicyclic) bond motifs is 1. The summed E-state index contributed by atoms with van der Waals surface area (Å²) in [4.78, 5) is 20.2. The summed E-state index contributed by atoms with van der Waals surface area (Å²) in [5.41, 5.74) is 4.18. The lowest BCUT2D eigenvalue weighted by atomic mass is 10.00. The van der Waals surface area contributed by atoms with E-state index < -0.39 is 0 Å². The molecule has 29 heavy (non-hydrogen) atoms. The molecule has 1 amide bonds. The highest BCUT2D eigenvalue weighted by Gasteiger charge is 2.24. The number of benzene rings is 2. The fourth-order valence-corrected chi connectivity index (χ4v) is 4.39. The highest BCUT2D eigenvalue weighted by atomic mass is 35.5. The Morgan fingerprint density at radius 1 is 1.21 bits per heavy atom. The van der Waals surface area contributed by atoms with Crippen molar-refractivity contribution in [2.75, 3.05) is 25.0 Å². The van der Waals surface area contributed by atoms with Gasteiger partial charge in [0.1, 0.15) is 0 Å². The largest absolute Gasteiger partial charge is 0.369 e. The summed E-state index contributed by atoms with van der Waals surface area (Å²) in [6.07, 6.45) is 0.807. The number of amides is 1. The summed E-state index contributed by atoms with van der Waals surface area (Å²) in [6, 6.07) is 20.1. The van der Waals surface area contributed by atoms with Gasteiger partial charge in [-0.2, -0.15) is 0 Å². The lowest BCUT2D eigenvalue weighted by Gasteiger charge is -2.29. The Hall–Kier alpha value is -2.63. The van der Waals surface area contributed by atoms with E-state index in [0.29, 0.717) is 18.1 Å². The Bertz CT molecular complexity index is 1020. The maximum absolute atomic E-state index is 12.2. The molecule has 0 aliphatic carbocycles. The number of carbonyl (C=O) groups is 1. The van der Waals surface area contributed by atoms with Crippen LogP contribution in [0.5, 0.6) is 0 Å². The second-order valence-corrected chi connectivity index (χ2v) is 8.39. The molecule has 0 unspecified atom stereocenters. The first-order chi connectivity index (χ1) is 14.1. The second kappa shape index (κ2) is 8.80. The predicted octanol–water partition coefficient (Wildman–Crippen LogP) is 4.88. The van der Waals surface area contributed by atoms with E-state index in [1.165, 1.54) is 11.3 Å². The third-order valence-corrected chi connectivity index (χ3v) is 6.26. The Labute approximate surface area is 179 Å². The third-order valence-electron chi connectivity index (χ3n) is 5.16. The molecule has 1 N–H and O–H groups in total. The van der Waals surface area contributed by atoms with Gasteiger partial charge >= 0.3 is 0 Å². The van der Waals surface area contributed by atoms with Gasteiger partial charge in [0.15, 0.2) is 0 Å². The van der Waals surface area contributed by atoms with E-state index in [-0.39, 0.29) is 11.9 Å². The molecule has 3 aromatic rings. The van der Waals surface area contributed by atoms with Crippen LogP contribution < -0.4 is 10.2 Å². The van der Waals surface area contributed by atoms with Crippen LogP contribution in [-0.4, -0.2) is 37.8 Å². The topological polar surface area (TPSA) is 44.7 Å². The van der Waals surface area contributed by atoms with Gasteiger partial charge in [0.05, 0.1) is 17.1 Å². The highest BCUT2D eigenvalue weighted by molar-refractivity contribution is 7.12. The summed E-state index contributed by atoms with van der Waals surface area (Å²) in [5.74, 6) is -0.0167. The fraction of sp³-hybridized carbons (Fsp3) is 0.217. The number of likely N-dealkylation sites (N-methyl/N-ethyl adjacent to an activating group) is 1. The normalized spacial score (nSPS) is 16.0. The van der Waals surface area contributed by atoms with E-state index >= 15 is 0 Å². The number of nitrogens with zero attached hydrogens (tertiary/aromatic N) is 2. The van der Waals surface area contributed by atoms with Crippen LogP contribution in [-0.2, 0) is 0 Å². The Kier molecular flexibility index (Phi) is 5.97. The minimum absolute atomic E-state index is 0.0167. The zero-order chi connectivity index (χ0) is 20.2. The van der Waals surface area contributed by atoms with Crippen LogP contribution in [0.1, 0.15) is 27.2 Å². The number of anilines is 1. The van der Waals surface area contributed by atoms with Crippen molar-refractivity contribution in [1.29, 1.82) is 0 Å². The number of thiophene rings is 1. The molecule has 1 aliphatic heterocycles. The number of hydrogen-bond donors (Lipinski definition) is 1. The van der Waals surface area contributed by atoms with Gasteiger partial charge in [-0.3, -0.25) is 9.79 Å². The maximum atomic E-state index is 12.2. The molecule has 1 atom stereocenters. The van der Waals surface area contributed by atoms with Gasteiger partial charge in [0.25, 0.3) is 5.91 Å². The average Bonchev–Trinajstić information content (AvgIpc) is 3.24. The van der Waals surface area contributed by atoms with Gasteiger partial charge < -0.3 is 10.2 Å². The molecule has 4 nitrogen and oxygen atoms in total. The molecule has 0 bridgehead atoms. The highest BCUT2D eigenvalue weighted by Crippen LogP contribution is 2.30. The monoisotopic (exact) mass is 423 g/mol.